The predicted molar refractivity (Wildman–Crippen MR) is 89.6 cm³/mol. The summed E-state index contributed by atoms with van der Waals surface area (Å²) in [6.45, 7) is 2.13. The Labute approximate surface area is 134 Å². The molecule has 2 aromatic rings. The zero-order valence-corrected chi connectivity index (χ0v) is 14.1. The molecule has 0 saturated heterocycles. The second-order valence-electron chi connectivity index (χ2n) is 6.76. The van der Waals surface area contributed by atoms with Crippen LogP contribution in [0.5, 0.6) is 0 Å². The summed E-state index contributed by atoms with van der Waals surface area (Å²) in [5.41, 5.74) is 0.452. The monoisotopic (exact) mass is 336 g/mol. The summed E-state index contributed by atoms with van der Waals surface area (Å²) in [6.07, 6.45) is 3.42. The number of aromatic amines is 1. The van der Waals surface area contributed by atoms with Crippen LogP contribution >= 0.6 is 0 Å². The number of aryl methyl sites for hydroxylation is 1. The van der Waals surface area contributed by atoms with E-state index in [0.29, 0.717) is 17.3 Å². The Bertz CT molecular complexity index is 981. The van der Waals surface area contributed by atoms with Crippen molar-refractivity contribution < 1.29 is 8.42 Å². The van der Waals surface area contributed by atoms with E-state index in [1.54, 1.807) is 12.1 Å². The molecular weight excluding hydrogens is 316 g/mol. The van der Waals surface area contributed by atoms with Crippen LogP contribution in [0.25, 0.3) is 10.9 Å². The third-order valence-corrected chi connectivity index (χ3v) is 5.67. The fourth-order valence-electron chi connectivity index (χ4n) is 3.12. The number of nitrogens with zero attached hydrogens (tertiary/aromatic N) is 1. The number of fused-ring (bicyclic) bond motifs is 1. The van der Waals surface area contributed by atoms with Crippen molar-refractivity contribution in [2.24, 2.45) is 5.41 Å². The maximum absolute atomic E-state index is 12.5. The zero-order chi connectivity index (χ0) is 16.8. The van der Waals surface area contributed by atoms with Gasteiger partial charge in [-0.1, -0.05) is 11.6 Å². The van der Waals surface area contributed by atoms with E-state index in [-0.39, 0.29) is 23.3 Å². The van der Waals surface area contributed by atoms with Crippen LogP contribution in [0.2, 0.25) is 0 Å². The molecule has 3 rings (SSSR count). The molecule has 1 saturated carbocycles. The SMILES string of the molecule is Cc1ccc2[nH]c(=O)n(CCC3(CS(C)(=O)=O)CC3)c(=O)c2c1. The van der Waals surface area contributed by atoms with Gasteiger partial charge in [-0.2, -0.15) is 0 Å². The molecule has 7 heteroatoms. The second-order valence-corrected chi connectivity index (χ2v) is 8.90. The van der Waals surface area contributed by atoms with Crippen LogP contribution in [0, 0.1) is 12.3 Å². The summed E-state index contributed by atoms with van der Waals surface area (Å²) in [5, 5.41) is 0.484. The van der Waals surface area contributed by atoms with Gasteiger partial charge in [-0.15, -0.1) is 0 Å². The van der Waals surface area contributed by atoms with Gasteiger partial charge in [0.1, 0.15) is 9.84 Å². The molecular formula is C16H20N2O4S. The topological polar surface area (TPSA) is 89.0 Å². The summed E-state index contributed by atoms with van der Waals surface area (Å²) < 4.78 is 24.2. The molecule has 1 aliphatic rings. The quantitative estimate of drug-likeness (QED) is 0.889. The van der Waals surface area contributed by atoms with Crippen LogP contribution in [-0.2, 0) is 16.4 Å². The van der Waals surface area contributed by atoms with E-state index >= 15 is 0 Å². The lowest BCUT2D eigenvalue weighted by Gasteiger charge is -2.14. The highest BCUT2D eigenvalue weighted by Crippen LogP contribution is 2.49. The minimum Gasteiger partial charge on any atom is -0.307 e. The van der Waals surface area contributed by atoms with Gasteiger partial charge >= 0.3 is 5.69 Å². The number of hydrogen-bond acceptors (Lipinski definition) is 4. The average Bonchev–Trinajstić information content (AvgIpc) is 3.17. The van der Waals surface area contributed by atoms with Crippen LogP contribution in [0.1, 0.15) is 24.8 Å². The minimum absolute atomic E-state index is 0.124. The van der Waals surface area contributed by atoms with Crippen molar-refractivity contribution in [2.75, 3.05) is 12.0 Å². The lowest BCUT2D eigenvalue weighted by atomic mass is 10.1. The molecule has 0 aliphatic heterocycles. The Hall–Kier alpha value is -1.89. The smallest absolute Gasteiger partial charge is 0.307 e. The molecule has 1 heterocycles. The normalized spacial score (nSPS) is 16.6. The van der Waals surface area contributed by atoms with E-state index in [1.807, 2.05) is 13.0 Å². The van der Waals surface area contributed by atoms with Gasteiger partial charge in [0, 0.05) is 12.8 Å². The highest BCUT2D eigenvalue weighted by atomic mass is 32.2. The van der Waals surface area contributed by atoms with Gasteiger partial charge in [0.25, 0.3) is 5.56 Å². The predicted octanol–water partition coefficient (Wildman–Crippen LogP) is 1.21. The summed E-state index contributed by atoms with van der Waals surface area (Å²) in [7, 11) is -3.06. The molecule has 1 fully saturated rings. The molecule has 0 amide bonds. The van der Waals surface area contributed by atoms with E-state index in [4.69, 9.17) is 0 Å². The van der Waals surface area contributed by atoms with Crippen molar-refractivity contribution in [1.29, 1.82) is 0 Å². The standard InChI is InChI=1S/C16H20N2O4S/c1-11-3-4-13-12(9-11)14(19)18(15(20)17-13)8-7-16(5-6-16)10-23(2,21)22/h3-4,9H,5-8,10H2,1-2H3,(H,17,20). The number of aromatic nitrogens is 2. The molecule has 1 aromatic carbocycles. The van der Waals surface area contributed by atoms with Gasteiger partial charge in [-0.25, -0.2) is 13.2 Å². The van der Waals surface area contributed by atoms with Crippen molar-refractivity contribution in [2.45, 2.75) is 32.7 Å². The van der Waals surface area contributed by atoms with E-state index in [2.05, 4.69) is 4.98 Å². The van der Waals surface area contributed by atoms with Crippen LogP contribution < -0.4 is 11.2 Å². The fourth-order valence-corrected chi connectivity index (χ4v) is 4.66. The van der Waals surface area contributed by atoms with Gasteiger partial charge in [-0.3, -0.25) is 9.36 Å². The first-order chi connectivity index (χ1) is 10.7. The van der Waals surface area contributed by atoms with E-state index < -0.39 is 15.5 Å². The average molecular weight is 336 g/mol. The van der Waals surface area contributed by atoms with E-state index in [0.717, 1.165) is 18.4 Å². The van der Waals surface area contributed by atoms with E-state index in [9.17, 15) is 18.0 Å². The van der Waals surface area contributed by atoms with Gasteiger partial charge in [0.2, 0.25) is 0 Å². The number of rotatable bonds is 5. The molecule has 0 spiro atoms. The van der Waals surface area contributed by atoms with Gasteiger partial charge in [0.05, 0.1) is 16.7 Å². The van der Waals surface area contributed by atoms with Crippen molar-refractivity contribution in [3.8, 4) is 0 Å². The Morgan fingerprint density at radius 2 is 1.96 bits per heavy atom. The lowest BCUT2D eigenvalue weighted by molar-refractivity contribution is 0.448. The maximum Gasteiger partial charge on any atom is 0.328 e. The highest BCUT2D eigenvalue weighted by molar-refractivity contribution is 7.90. The molecule has 0 bridgehead atoms. The minimum atomic E-state index is -3.06. The molecule has 124 valence electrons. The van der Waals surface area contributed by atoms with E-state index in [1.165, 1.54) is 10.8 Å². The summed E-state index contributed by atoms with van der Waals surface area (Å²) in [6, 6.07) is 5.32. The number of hydrogen-bond donors (Lipinski definition) is 1. The first-order valence-electron chi connectivity index (χ1n) is 7.60. The van der Waals surface area contributed by atoms with Crippen molar-refractivity contribution >= 4 is 20.7 Å². The molecule has 0 atom stereocenters. The highest BCUT2D eigenvalue weighted by Gasteiger charge is 2.44. The number of nitrogens with one attached hydrogen (secondary N) is 1. The third kappa shape index (κ3) is 3.39. The number of sulfone groups is 1. The number of benzene rings is 1. The Morgan fingerprint density at radius 1 is 1.26 bits per heavy atom. The zero-order valence-electron chi connectivity index (χ0n) is 13.3. The largest absolute Gasteiger partial charge is 0.328 e. The molecule has 6 nitrogen and oxygen atoms in total. The van der Waals surface area contributed by atoms with Gasteiger partial charge in [0.15, 0.2) is 0 Å². The summed E-state index contributed by atoms with van der Waals surface area (Å²) >= 11 is 0. The maximum atomic E-state index is 12.5. The number of H-pyrrole nitrogens is 1. The lowest BCUT2D eigenvalue weighted by Crippen LogP contribution is -2.36. The molecule has 0 unspecified atom stereocenters. The molecule has 0 radical (unpaired) electrons. The molecule has 1 aliphatic carbocycles. The Kier molecular flexibility index (Phi) is 3.71. The van der Waals surface area contributed by atoms with Crippen LogP contribution in [0.4, 0.5) is 0 Å². The third-order valence-electron chi connectivity index (χ3n) is 4.53. The van der Waals surface area contributed by atoms with Crippen molar-refractivity contribution in [1.82, 2.24) is 9.55 Å². The Morgan fingerprint density at radius 3 is 2.57 bits per heavy atom. The van der Waals surface area contributed by atoms with Crippen molar-refractivity contribution in [3.63, 3.8) is 0 Å². The van der Waals surface area contributed by atoms with Gasteiger partial charge in [-0.05, 0) is 43.7 Å². The summed E-state index contributed by atoms with van der Waals surface area (Å²) in [4.78, 5) is 27.4. The molecule has 1 N–H and O–H groups in total. The van der Waals surface area contributed by atoms with Gasteiger partial charge < -0.3 is 4.98 Å². The van der Waals surface area contributed by atoms with Crippen LogP contribution in [0.3, 0.4) is 0 Å². The Balaban J connectivity index is 1.92. The fraction of sp³-hybridized carbons (Fsp3) is 0.500. The first kappa shape index (κ1) is 16.0. The first-order valence-corrected chi connectivity index (χ1v) is 9.66. The van der Waals surface area contributed by atoms with Crippen LogP contribution in [0.15, 0.2) is 27.8 Å². The van der Waals surface area contributed by atoms with Crippen molar-refractivity contribution in [3.05, 3.63) is 44.6 Å². The second kappa shape index (κ2) is 5.33. The molecule has 23 heavy (non-hydrogen) atoms. The summed E-state index contributed by atoms with van der Waals surface area (Å²) in [5.74, 6) is 0.124. The van der Waals surface area contributed by atoms with Crippen LogP contribution in [-0.4, -0.2) is 30.0 Å². The molecule has 1 aromatic heterocycles.